The van der Waals surface area contributed by atoms with Crippen molar-refractivity contribution in [3.05, 3.63) is 47.5 Å². The Morgan fingerprint density at radius 2 is 1.67 bits per heavy atom. The summed E-state index contributed by atoms with van der Waals surface area (Å²) in [5.41, 5.74) is 7.97. The molecule has 7 nitrogen and oxygen atoms in total. The summed E-state index contributed by atoms with van der Waals surface area (Å²) in [5.74, 6) is -2.79. The highest BCUT2D eigenvalue weighted by atomic mass is 19.4. The number of halogens is 3. The number of carboxylic acids is 1. The van der Waals surface area contributed by atoms with Crippen molar-refractivity contribution in [2.75, 3.05) is 0 Å². The molecule has 5 atom stereocenters. The molecule has 1 fully saturated rings. The van der Waals surface area contributed by atoms with E-state index in [0.717, 1.165) is 19.3 Å². The first kappa shape index (κ1) is 26.4. The van der Waals surface area contributed by atoms with E-state index in [-0.39, 0.29) is 29.9 Å². The zero-order valence-electron chi connectivity index (χ0n) is 18.8. The van der Waals surface area contributed by atoms with Crippen LogP contribution < -0.4 is 11.1 Å². The summed E-state index contributed by atoms with van der Waals surface area (Å²) in [7, 11) is 0. The number of hydrogen-bond acceptors (Lipinski definition) is 4. The largest absolute Gasteiger partial charge is 0.490 e. The van der Waals surface area contributed by atoms with Gasteiger partial charge in [-0.1, -0.05) is 50.6 Å². The third-order valence-corrected chi connectivity index (χ3v) is 6.17. The lowest BCUT2D eigenvalue weighted by Crippen LogP contribution is -2.46. The number of hydrogen-bond donors (Lipinski definition) is 3. The van der Waals surface area contributed by atoms with Crippen LogP contribution in [0.3, 0.4) is 0 Å². The summed E-state index contributed by atoms with van der Waals surface area (Å²) in [6.45, 7) is 5.96. The summed E-state index contributed by atoms with van der Waals surface area (Å²) in [6, 6.07) is 8.29. The molecule has 182 valence electrons. The minimum Gasteiger partial charge on any atom is -0.475 e. The molecule has 33 heavy (non-hydrogen) atoms. The fourth-order valence-corrected chi connectivity index (χ4v) is 4.15. The van der Waals surface area contributed by atoms with Crippen LogP contribution in [0.5, 0.6) is 0 Å². The van der Waals surface area contributed by atoms with E-state index in [1.807, 2.05) is 23.1 Å². The molecule has 1 aromatic carbocycles. The first-order chi connectivity index (χ1) is 15.4. The summed E-state index contributed by atoms with van der Waals surface area (Å²) >= 11 is 0. The van der Waals surface area contributed by atoms with Gasteiger partial charge >= 0.3 is 12.1 Å². The molecule has 3 rings (SSSR count). The van der Waals surface area contributed by atoms with Gasteiger partial charge in [-0.2, -0.15) is 13.2 Å². The highest BCUT2D eigenvalue weighted by Gasteiger charge is 2.45. The van der Waals surface area contributed by atoms with Gasteiger partial charge in [0.25, 0.3) is 0 Å². The Labute approximate surface area is 190 Å². The summed E-state index contributed by atoms with van der Waals surface area (Å²) in [4.78, 5) is 35.2. The van der Waals surface area contributed by atoms with E-state index < -0.39 is 18.2 Å². The monoisotopic (exact) mass is 469 g/mol. The number of primary amides is 1. The van der Waals surface area contributed by atoms with E-state index >= 15 is 0 Å². The number of carboxylic acid groups (broad SMARTS) is 1. The summed E-state index contributed by atoms with van der Waals surface area (Å²) < 4.78 is 31.7. The smallest absolute Gasteiger partial charge is 0.475 e. The van der Waals surface area contributed by atoms with Crippen LogP contribution in [0.2, 0.25) is 0 Å². The number of alkyl halides is 3. The van der Waals surface area contributed by atoms with Crippen LogP contribution in [0.25, 0.3) is 0 Å². The zero-order chi connectivity index (χ0) is 24.9. The van der Waals surface area contributed by atoms with Gasteiger partial charge in [0.05, 0.1) is 18.1 Å². The van der Waals surface area contributed by atoms with Gasteiger partial charge < -0.3 is 15.7 Å². The molecule has 0 spiro atoms. The maximum atomic E-state index is 12.9. The number of fused-ring (bicyclic) bond motifs is 5. The molecular weight excluding hydrogens is 439 g/mol. The van der Waals surface area contributed by atoms with Gasteiger partial charge in [0, 0.05) is 12.1 Å². The fourth-order valence-electron chi connectivity index (χ4n) is 4.15. The SMILES string of the molecule is CC[C@H](C)[C@@H](/C=C/C(=O)N1[C@@H]2CC[C@H]1c1ccccc12)N[C@@H](C)C(N)=O.O=C(O)C(F)(F)F. The maximum Gasteiger partial charge on any atom is 0.490 e. The Kier molecular flexibility index (Phi) is 8.65. The normalized spacial score (nSPS) is 21.7. The predicted molar refractivity (Wildman–Crippen MR) is 116 cm³/mol. The van der Waals surface area contributed by atoms with Gasteiger partial charge in [-0.3, -0.25) is 14.9 Å². The zero-order valence-corrected chi connectivity index (χ0v) is 18.8. The second-order valence-electron chi connectivity index (χ2n) is 8.35. The Balaban J connectivity index is 0.000000479. The van der Waals surface area contributed by atoms with Gasteiger partial charge in [-0.15, -0.1) is 0 Å². The fraction of sp³-hybridized carbons (Fsp3) is 0.522. The lowest BCUT2D eigenvalue weighted by atomic mass is 9.92. The van der Waals surface area contributed by atoms with Crippen LogP contribution in [0, 0.1) is 5.92 Å². The highest BCUT2D eigenvalue weighted by molar-refractivity contribution is 5.89. The number of aliphatic carboxylic acids is 1. The average Bonchev–Trinajstić information content (AvgIpc) is 3.33. The lowest BCUT2D eigenvalue weighted by Gasteiger charge is -2.25. The van der Waals surface area contributed by atoms with Crippen molar-refractivity contribution in [1.29, 1.82) is 0 Å². The molecule has 10 heteroatoms. The standard InChI is InChI=1S/C21H29N3O2.C2HF3O2/c1-4-13(2)17(23-14(3)21(22)26)9-12-20(25)24-18-10-11-19(24)16-8-6-5-7-15(16)18;3-2(4,5)1(6)7/h5-9,12-14,17-19,23H,4,10-11H2,1-3H3,(H2,22,26);(H,6,7)/b12-9+;/t13-,14-,17+,18-,19+;/m0./s1. The average molecular weight is 470 g/mol. The third-order valence-electron chi connectivity index (χ3n) is 6.17. The van der Waals surface area contributed by atoms with Crippen molar-refractivity contribution in [1.82, 2.24) is 10.2 Å². The minimum absolute atomic E-state index is 0.0514. The van der Waals surface area contributed by atoms with Crippen LogP contribution in [0.1, 0.15) is 63.2 Å². The van der Waals surface area contributed by atoms with E-state index in [9.17, 15) is 22.8 Å². The molecule has 1 aromatic rings. The van der Waals surface area contributed by atoms with Crippen molar-refractivity contribution < 1.29 is 32.7 Å². The second kappa shape index (κ2) is 10.8. The first-order valence-corrected chi connectivity index (χ1v) is 10.8. The van der Waals surface area contributed by atoms with E-state index in [1.165, 1.54) is 11.1 Å². The molecule has 4 N–H and O–H groups in total. The Morgan fingerprint density at radius 1 is 1.18 bits per heavy atom. The van der Waals surface area contributed by atoms with Crippen molar-refractivity contribution in [3.8, 4) is 0 Å². The number of amides is 2. The van der Waals surface area contributed by atoms with Crippen molar-refractivity contribution in [2.45, 2.75) is 70.4 Å². The van der Waals surface area contributed by atoms with Gasteiger partial charge in [0.15, 0.2) is 0 Å². The molecule has 2 amide bonds. The number of nitrogens with two attached hydrogens (primary N) is 1. The number of benzene rings is 1. The number of rotatable bonds is 7. The molecule has 1 saturated heterocycles. The van der Waals surface area contributed by atoms with E-state index in [0.29, 0.717) is 5.92 Å². The highest BCUT2D eigenvalue weighted by Crippen LogP contribution is 2.52. The molecule has 2 aliphatic heterocycles. The molecule has 2 aliphatic rings. The molecule has 0 saturated carbocycles. The van der Waals surface area contributed by atoms with E-state index in [2.05, 4.69) is 31.3 Å². The number of nitrogens with zero attached hydrogens (tertiary/aromatic N) is 1. The number of nitrogens with one attached hydrogen (secondary N) is 1. The van der Waals surface area contributed by atoms with Crippen LogP contribution >= 0.6 is 0 Å². The van der Waals surface area contributed by atoms with Crippen LogP contribution in [-0.2, 0) is 14.4 Å². The first-order valence-electron chi connectivity index (χ1n) is 10.8. The van der Waals surface area contributed by atoms with Gasteiger partial charge in [-0.05, 0) is 36.8 Å². The Morgan fingerprint density at radius 3 is 2.06 bits per heavy atom. The van der Waals surface area contributed by atoms with Crippen molar-refractivity contribution in [2.24, 2.45) is 11.7 Å². The van der Waals surface area contributed by atoms with Gasteiger partial charge in [-0.25, -0.2) is 4.79 Å². The number of carbonyl (C=O) groups excluding carboxylic acids is 2. The third kappa shape index (κ3) is 6.34. The van der Waals surface area contributed by atoms with E-state index in [1.54, 1.807) is 13.0 Å². The minimum atomic E-state index is -5.08. The maximum absolute atomic E-state index is 12.9. The quantitative estimate of drug-likeness (QED) is 0.530. The second-order valence-corrected chi connectivity index (χ2v) is 8.35. The van der Waals surface area contributed by atoms with Crippen LogP contribution in [-0.4, -0.2) is 46.1 Å². The molecule has 2 heterocycles. The summed E-state index contributed by atoms with van der Waals surface area (Å²) in [6.07, 6.45) is 1.51. The van der Waals surface area contributed by atoms with Crippen LogP contribution in [0.4, 0.5) is 13.2 Å². The predicted octanol–water partition coefficient (Wildman–Crippen LogP) is 3.47. The molecule has 0 aromatic heterocycles. The Bertz CT molecular complexity index is 872. The summed E-state index contributed by atoms with van der Waals surface area (Å²) in [5, 5.41) is 10.4. The topological polar surface area (TPSA) is 113 Å². The lowest BCUT2D eigenvalue weighted by molar-refractivity contribution is -0.192. The molecule has 0 aliphatic carbocycles. The molecule has 2 bridgehead atoms. The van der Waals surface area contributed by atoms with Crippen molar-refractivity contribution in [3.63, 3.8) is 0 Å². The van der Waals surface area contributed by atoms with E-state index in [4.69, 9.17) is 15.6 Å². The molecular formula is C23H30F3N3O4. The van der Waals surface area contributed by atoms with Crippen molar-refractivity contribution >= 4 is 17.8 Å². The molecule has 0 radical (unpaired) electrons. The molecule has 0 unspecified atom stereocenters. The number of carbonyl (C=O) groups is 3. The Hall–Kier alpha value is -2.88. The van der Waals surface area contributed by atoms with Gasteiger partial charge in [0.1, 0.15) is 0 Å². The van der Waals surface area contributed by atoms with Gasteiger partial charge in [0.2, 0.25) is 11.8 Å². The van der Waals surface area contributed by atoms with Crippen LogP contribution in [0.15, 0.2) is 36.4 Å².